The second-order valence-electron chi connectivity index (χ2n) is 6.31. The first-order valence-corrected chi connectivity index (χ1v) is 9.02. The Morgan fingerprint density at radius 2 is 1.82 bits per heavy atom. The molecule has 0 amide bonds. The van der Waals surface area contributed by atoms with Gasteiger partial charge in [0.15, 0.2) is 0 Å². The van der Waals surface area contributed by atoms with E-state index in [0.717, 1.165) is 0 Å². The predicted molar refractivity (Wildman–Crippen MR) is 91.0 cm³/mol. The SMILES string of the molecule is C[C@H](NS(=O)(=O)c1ccc2c(Cl)cnc(Cl)c2c1)C(C)(C)C. The van der Waals surface area contributed by atoms with Crippen molar-refractivity contribution < 1.29 is 8.42 Å². The lowest BCUT2D eigenvalue weighted by atomic mass is 9.89. The van der Waals surface area contributed by atoms with E-state index in [2.05, 4.69) is 9.71 Å². The summed E-state index contributed by atoms with van der Waals surface area (Å²) in [6.45, 7) is 7.76. The van der Waals surface area contributed by atoms with Gasteiger partial charge in [-0.25, -0.2) is 18.1 Å². The minimum Gasteiger partial charge on any atom is -0.242 e. The zero-order chi connectivity index (χ0) is 16.7. The summed E-state index contributed by atoms with van der Waals surface area (Å²) in [6.07, 6.45) is 1.44. The quantitative estimate of drug-likeness (QED) is 0.832. The van der Waals surface area contributed by atoms with E-state index in [1.165, 1.54) is 18.3 Å². The molecular weight excluding hydrogens is 343 g/mol. The van der Waals surface area contributed by atoms with Gasteiger partial charge in [-0.3, -0.25) is 0 Å². The highest BCUT2D eigenvalue weighted by atomic mass is 35.5. The van der Waals surface area contributed by atoms with Crippen molar-refractivity contribution in [1.82, 2.24) is 9.71 Å². The average molecular weight is 361 g/mol. The molecule has 2 rings (SSSR count). The number of hydrogen-bond donors (Lipinski definition) is 1. The molecule has 0 aliphatic rings. The number of benzene rings is 1. The molecule has 0 aliphatic carbocycles. The molecule has 7 heteroatoms. The molecule has 1 atom stereocenters. The molecule has 0 aliphatic heterocycles. The number of nitrogens with one attached hydrogen (secondary N) is 1. The highest BCUT2D eigenvalue weighted by Crippen LogP contribution is 2.30. The molecule has 0 fully saturated rings. The summed E-state index contributed by atoms with van der Waals surface area (Å²) >= 11 is 12.1. The summed E-state index contributed by atoms with van der Waals surface area (Å²) in [5.41, 5.74) is -0.188. The molecule has 2 aromatic rings. The van der Waals surface area contributed by atoms with Crippen molar-refractivity contribution in [2.24, 2.45) is 5.41 Å². The molecule has 0 bridgehead atoms. The van der Waals surface area contributed by atoms with E-state index < -0.39 is 10.0 Å². The Labute approximate surface area is 140 Å². The maximum absolute atomic E-state index is 12.5. The Hall–Kier alpha value is -0.880. The van der Waals surface area contributed by atoms with E-state index in [1.807, 2.05) is 27.7 Å². The van der Waals surface area contributed by atoms with Crippen molar-refractivity contribution in [2.75, 3.05) is 0 Å². The number of aromatic nitrogens is 1. The summed E-state index contributed by atoms with van der Waals surface area (Å²) in [5.74, 6) is 0. The van der Waals surface area contributed by atoms with E-state index in [1.54, 1.807) is 6.07 Å². The van der Waals surface area contributed by atoms with Crippen LogP contribution in [0.25, 0.3) is 10.8 Å². The summed E-state index contributed by atoms with van der Waals surface area (Å²) in [7, 11) is -3.64. The minimum absolute atomic E-state index is 0.141. The molecule has 0 spiro atoms. The van der Waals surface area contributed by atoms with Crippen molar-refractivity contribution in [3.63, 3.8) is 0 Å². The molecule has 1 heterocycles. The van der Waals surface area contributed by atoms with E-state index in [9.17, 15) is 8.42 Å². The normalized spacial score (nSPS) is 14.3. The lowest BCUT2D eigenvalue weighted by Gasteiger charge is -2.27. The zero-order valence-electron chi connectivity index (χ0n) is 12.8. The van der Waals surface area contributed by atoms with Crippen LogP contribution in [0.15, 0.2) is 29.3 Å². The molecule has 0 radical (unpaired) electrons. The third-order valence-corrected chi connectivity index (χ3v) is 5.84. The molecule has 120 valence electrons. The number of hydrogen-bond acceptors (Lipinski definition) is 3. The maximum atomic E-state index is 12.5. The second kappa shape index (κ2) is 5.96. The van der Waals surface area contributed by atoms with E-state index in [0.29, 0.717) is 15.8 Å². The fraction of sp³-hybridized carbons (Fsp3) is 0.400. The van der Waals surface area contributed by atoms with Crippen LogP contribution in [0.2, 0.25) is 10.2 Å². The van der Waals surface area contributed by atoms with Gasteiger partial charge in [0.05, 0.1) is 9.92 Å². The van der Waals surface area contributed by atoms with Gasteiger partial charge in [-0.1, -0.05) is 50.0 Å². The summed E-state index contributed by atoms with van der Waals surface area (Å²) in [5, 5.41) is 1.84. The van der Waals surface area contributed by atoms with Crippen LogP contribution in [0, 0.1) is 5.41 Å². The number of sulfonamides is 1. The van der Waals surface area contributed by atoms with Gasteiger partial charge in [0.25, 0.3) is 0 Å². The highest BCUT2D eigenvalue weighted by Gasteiger charge is 2.26. The monoisotopic (exact) mass is 360 g/mol. The lowest BCUT2D eigenvalue weighted by molar-refractivity contribution is 0.317. The van der Waals surface area contributed by atoms with Crippen LogP contribution in [-0.4, -0.2) is 19.4 Å². The fourth-order valence-corrected chi connectivity index (χ4v) is 3.69. The Kier molecular flexibility index (Phi) is 4.74. The fourth-order valence-electron chi connectivity index (χ4n) is 1.80. The van der Waals surface area contributed by atoms with Gasteiger partial charge in [0.1, 0.15) is 5.15 Å². The minimum atomic E-state index is -3.64. The number of halogens is 2. The Balaban J connectivity index is 2.49. The van der Waals surface area contributed by atoms with E-state index >= 15 is 0 Å². The van der Waals surface area contributed by atoms with Gasteiger partial charge < -0.3 is 0 Å². The number of rotatable bonds is 3. The van der Waals surface area contributed by atoms with Crippen molar-refractivity contribution >= 4 is 44.0 Å². The molecule has 0 unspecified atom stereocenters. The number of nitrogens with zero attached hydrogens (tertiary/aromatic N) is 1. The van der Waals surface area contributed by atoms with Gasteiger partial charge >= 0.3 is 0 Å². The molecule has 1 aromatic heterocycles. The topological polar surface area (TPSA) is 59.1 Å². The third kappa shape index (κ3) is 3.54. The van der Waals surface area contributed by atoms with Crippen LogP contribution < -0.4 is 4.72 Å². The molecule has 4 nitrogen and oxygen atoms in total. The van der Waals surface area contributed by atoms with Crippen LogP contribution in [-0.2, 0) is 10.0 Å². The first-order chi connectivity index (χ1) is 10.0. The molecular formula is C15H18Cl2N2O2S. The summed E-state index contributed by atoms with van der Waals surface area (Å²) in [6, 6.07) is 4.43. The molecule has 0 saturated heterocycles. The maximum Gasteiger partial charge on any atom is 0.240 e. The van der Waals surface area contributed by atoms with Crippen molar-refractivity contribution in [1.29, 1.82) is 0 Å². The van der Waals surface area contributed by atoms with Gasteiger partial charge in [0, 0.05) is 23.0 Å². The third-order valence-electron chi connectivity index (χ3n) is 3.70. The van der Waals surface area contributed by atoms with Crippen molar-refractivity contribution in [3.05, 3.63) is 34.6 Å². The van der Waals surface area contributed by atoms with Crippen LogP contribution >= 0.6 is 23.2 Å². The van der Waals surface area contributed by atoms with Crippen molar-refractivity contribution in [3.8, 4) is 0 Å². The van der Waals surface area contributed by atoms with Crippen LogP contribution in [0.1, 0.15) is 27.7 Å². The van der Waals surface area contributed by atoms with Crippen molar-refractivity contribution in [2.45, 2.75) is 38.6 Å². The Morgan fingerprint density at radius 1 is 1.18 bits per heavy atom. The van der Waals surface area contributed by atoms with Crippen LogP contribution in [0.4, 0.5) is 0 Å². The average Bonchev–Trinajstić information content (AvgIpc) is 2.41. The Bertz CT molecular complexity index is 814. The zero-order valence-corrected chi connectivity index (χ0v) is 15.1. The second-order valence-corrected chi connectivity index (χ2v) is 8.79. The smallest absolute Gasteiger partial charge is 0.240 e. The molecule has 1 N–H and O–H groups in total. The predicted octanol–water partition coefficient (Wildman–Crippen LogP) is 4.25. The lowest BCUT2D eigenvalue weighted by Crippen LogP contribution is -2.41. The van der Waals surface area contributed by atoms with Crippen LogP contribution in [0.3, 0.4) is 0 Å². The van der Waals surface area contributed by atoms with Gasteiger partial charge in [-0.2, -0.15) is 0 Å². The van der Waals surface area contributed by atoms with Gasteiger partial charge in [-0.05, 0) is 24.5 Å². The standard InChI is InChI=1S/C15H18Cl2N2O2S/c1-9(15(2,3)4)19-22(20,21)10-5-6-11-12(7-10)14(17)18-8-13(11)16/h5-9,19H,1-4H3/t9-/m0/s1. The summed E-state index contributed by atoms with van der Waals surface area (Å²) < 4.78 is 27.7. The molecule has 1 aromatic carbocycles. The molecule has 0 saturated carbocycles. The first-order valence-electron chi connectivity index (χ1n) is 6.78. The number of pyridine rings is 1. The van der Waals surface area contributed by atoms with E-state index in [4.69, 9.17) is 23.2 Å². The first kappa shape index (κ1) is 17.5. The Morgan fingerprint density at radius 3 is 2.41 bits per heavy atom. The molecule has 22 heavy (non-hydrogen) atoms. The largest absolute Gasteiger partial charge is 0.242 e. The summed E-state index contributed by atoms with van der Waals surface area (Å²) in [4.78, 5) is 4.09. The number of fused-ring (bicyclic) bond motifs is 1. The highest BCUT2D eigenvalue weighted by molar-refractivity contribution is 7.89. The van der Waals surface area contributed by atoms with Gasteiger partial charge in [0.2, 0.25) is 10.0 Å². The van der Waals surface area contributed by atoms with Crippen LogP contribution in [0.5, 0.6) is 0 Å². The van der Waals surface area contributed by atoms with Gasteiger partial charge in [-0.15, -0.1) is 0 Å². The van der Waals surface area contributed by atoms with E-state index in [-0.39, 0.29) is 21.5 Å².